The Morgan fingerprint density at radius 3 is 2.70 bits per heavy atom. The first-order valence-corrected chi connectivity index (χ1v) is 9.33. The van der Waals surface area contributed by atoms with Crippen molar-refractivity contribution in [3.8, 4) is 0 Å². The lowest BCUT2D eigenvalue weighted by Crippen LogP contribution is -2.37. The molecule has 0 spiro atoms. The minimum Gasteiger partial charge on any atom is -0.371 e. The molecule has 1 N–H and O–H groups in total. The van der Waals surface area contributed by atoms with Gasteiger partial charge in [-0.05, 0) is 36.6 Å². The second kappa shape index (κ2) is 7.31. The van der Waals surface area contributed by atoms with Crippen LogP contribution in [0.1, 0.15) is 6.42 Å². The molecule has 1 atom stereocenters. The van der Waals surface area contributed by atoms with Gasteiger partial charge in [-0.2, -0.15) is 0 Å². The van der Waals surface area contributed by atoms with E-state index >= 15 is 0 Å². The number of likely N-dealkylation sites (N-methyl/N-ethyl adjacent to an activating group) is 1. The summed E-state index contributed by atoms with van der Waals surface area (Å²) >= 11 is 0. The minimum atomic E-state index is -0.242. The van der Waals surface area contributed by atoms with Crippen molar-refractivity contribution in [1.29, 1.82) is 0 Å². The molecular formula is C21H24N4O2. The van der Waals surface area contributed by atoms with Crippen LogP contribution in [0.2, 0.25) is 0 Å². The number of rotatable bonds is 5. The highest BCUT2D eigenvalue weighted by Crippen LogP contribution is 2.24. The fraction of sp³-hybridized carbons (Fsp3) is 0.333. The highest BCUT2D eigenvalue weighted by Gasteiger charge is 2.25. The van der Waals surface area contributed by atoms with E-state index in [1.165, 1.54) is 10.3 Å². The Morgan fingerprint density at radius 2 is 1.89 bits per heavy atom. The third-order valence-corrected chi connectivity index (χ3v) is 5.34. The molecule has 1 fully saturated rings. The van der Waals surface area contributed by atoms with Crippen LogP contribution >= 0.6 is 0 Å². The van der Waals surface area contributed by atoms with Crippen molar-refractivity contribution in [1.82, 2.24) is 14.5 Å². The largest absolute Gasteiger partial charge is 0.371 e. The number of nitrogens with zero attached hydrogens (tertiary/aromatic N) is 3. The summed E-state index contributed by atoms with van der Waals surface area (Å²) in [6, 6.07) is 17.8. The Balaban J connectivity index is 1.38. The van der Waals surface area contributed by atoms with Gasteiger partial charge in [-0.15, -0.1) is 0 Å². The van der Waals surface area contributed by atoms with E-state index < -0.39 is 0 Å². The van der Waals surface area contributed by atoms with Crippen LogP contribution in [0.4, 0.5) is 5.69 Å². The van der Waals surface area contributed by atoms with Gasteiger partial charge in [0.25, 0.3) is 0 Å². The average Bonchev–Trinajstić information content (AvgIpc) is 3.27. The van der Waals surface area contributed by atoms with Gasteiger partial charge in [0.15, 0.2) is 0 Å². The zero-order chi connectivity index (χ0) is 18.8. The van der Waals surface area contributed by atoms with E-state index in [-0.39, 0.29) is 18.1 Å². The number of H-pyrrole nitrogens is 1. The number of imidazole rings is 1. The number of hydrogen-bond donors (Lipinski definition) is 1. The third kappa shape index (κ3) is 3.60. The molecule has 0 bridgehead atoms. The molecule has 2 aromatic carbocycles. The summed E-state index contributed by atoms with van der Waals surface area (Å²) in [5, 5.41) is 0. The van der Waals surface area contributed by atoms with Crippen molar-refractivity contribution < 1.29 is 4.79 Å². The molecule has 140 valence electrons. The molecule has 0 saturated carbocycles. The second-order valence-corrected chi connectivity index (χ2v) is 7.24. The second-order valence-electron chi connectivity index (χ2n) is 7.24. The maximum atomic E-state index is 12.7. The van der Waals surface area contributed by atoms with Crippen molar-refractivity contribution >= 4 is 22.6 Å². The zero-order valence-corrected chi connectivity index (χ0v) is 15.5. The number of amides is 1. The van der Waals surface area contributed by atoms with Crippen LogP contribution in [0.3, 0.4) is 0 Å². The van der Waals surface area contributed by atoms with Gasteiger partial charge in [-0.1, -0.05) is 30.3 Å². The van der Waals surface area contributed by atoms with Crippen LogP contribution in [0.15, 0.2) is 59.4 Å². The summed E-state index contributed by atoms with van der Waals surface area (Å²) in [7, 11) is 1.83. The minimum absolute atomic E-state index is 0.0417. The molecule has 1 amide bonds. The van der Waals surface area contributed by atoms with E-state index in [0.717, 1.165) is 30.5 Å². The van der Waals surface area contributed by atoms with Crippen LogP contribution in [0.25, 0.3) is 11.0 Å². The Labute approximate surface area is 158 Å². The van der Waals surface area contributed by atoms with Gasteiger partial charge in [0.2, 0.25) is 5.91 Å². The van der Waals surface area contributed by atoms with E-state index in [0.29, 0.717) is 12.5 Å². The van der Waals surface area contributed by atoms with Crippen molar-refractivity contribution in [2.45, 2.75) is 13.0 Å². The molecule has 1 saturated heterocycles. The molecule has 1 aromatic heterocycles. The van der Waals surface area contributed by atoms with Gasteiger partial charge in [-0.3, -0.25) is 9.36 Å². The Kier molecular flexibility index (Phi) is 4.71. The smallest absolute Gasteiger partial charge is 0.326 e. The fourth-order valence-electron chi connectivity index (χ4n) is 3.86. The van der Waals surface area contributed by atoms with Gasteiger partial charge in [0, 0.05) is 32.4 Å². The number of hydrogen-bond acceptors (Lipinski definition) is 3. The number of carbonyl (C=O) groups is 1. The molecule has 1 aliphatic rings. The number of carbonyl (C=O) groups excluding carboxylic acids is 1. The summed E-state index contributed by atoms with van der Waals surface area (Å²) in [4.78, 5) is 31.8. The van der Waals surface area contributed by atoms with Gasteiger partial charge in [-0.25, -0.2) is 4.79 Å². The van der Waals surface area contributed by atoms with Crippen molar-refractivity contribution in [3.63, 3.8) is 0 Å². The van der Waals surface area contributed by atoms with Crippen molar-refractivity contribution in [2.24, 2.45) is 5.92 Å². The number of aromatic amines is 1. The maximum absolute atomic E-state index is 12.7. The first-order chi connectivity index (χ1) is 13.1. The molecule has 4 rings (SSSR count). The molecule has 0 unspecified atom stereocenters. The van der Waals surface area contributed by atoms with Gasteiger partial charge in [0.1, 0.15) is 6.54 Å². The fourth-order valence-corrected chi connectivity index (χ4v) is 3.86. The summed E-state index contributed by atoms with van der Waals surface area (Å²) < 4.78 is 1.51. The Bertz CT molecular complexity index is 992. The summed E-state index contributed by atoms with van der Waals surface area (Å²) in [6.45, 7) is 2.74. The lowest BCUT2D eigenvalue weighted by Gasteiger charge is -2.23. The predicted molar refractivity (Wildman–Crippen MR) is 107 cm³/mol. The lowest BCUT2D eigenvalue weighted by molar-refractivity contribution is -0.131. The highest BCUT2D eigenvalue weighted by molar-refractivity contribution is 5.80. The van der Waals surface area contributed by atoms with E-state index in [9.17, 15) is 9.59 Å². The average molecular weight is 364 g/mol. The van der Waals surface area contributed by atoms with Crippen LogP contribution in [0.5, 0.6) is 0 Å². The van der Waals surface area contributed by atoms with Crippen molar-refractivity contribution in [2.75, 3.05) is 31.6 Å². The van der Waals surface area contributed by atoms with Crippen LogP contribution in [-0.4, -0.2) is 47.0 Å². The molecule has 3 aromatic rings. The highest BCUT2D eigenvalue weighted by atomic mass is 16.2. The SMILES string of the molecule is CN(C[C@H]1CCN(c2ccccc2)C1)C(=O)Cn1c(=O)[nH]c2ccccc21. The monoisotopic (exact) mass is 364 g/mol. The molecule has 0 aliphatic carbocycles. The molecule has 2 heterocycles. The number of anilines is 1. The maximum Gasteiger partial charge on any atom is 0.326 e. The first kappa shape index (κ1) is 17.4. The van der Waals surface area contributed by atoms with Crippen molar-refractivity contribution in [3.05, 3.63) is 65.1 Å². The number of para-hydroxylation sites is 3. The predicted octanol–water partition coefficient (Wildman–Crippen LogP) is 2.31. The summed E-state index contributed by atoms with van der Waals surface area (Å²) in [6.07, 6.45) is 1.07. The van der Waals surface area contributed by atoms with Crippen LogP contribution < -0.4 is 10.6 Å². The summed E-state index contributed by atoms with van der Waals surface area (Å²) in [5.74, 6) is 0.402. The van der Waals surface area contributed by atoms with Gasteiger partial charge >= 0.3 is 5.69 Å². The molecule has 6 heteroatoms. The number of fused-ring (bicyclic) bond motifs is 1. The molecular weight excluding hydrogens is 340 g/mol. The van der Waals surface area contributed by atoms with Crippen LogP contribution in [0, 0.1) is 5.92 Å². The topological polar surface area (TPSA) is 61.3 Å². The number of aromatic nitrogens is 2. The van der Waals surface area contributed by atoms with E-state index in [1.807, 2.05) is 37.4 Å². The number of benzene rings is 2. The van der Waals surface area contributed by atoms with E-state index in [4.69, 9.17) is 0 Å². The third-order valence-electron chi connectivity index (χ3n) is 5.34. The van der Waals surface area contributed by atoms with Gasteiger partial charge in [0.05, 0.1) is 11.0 Å². The van der Waals surface area contributed by atoms with E-state index in [2.05, 4.69) is 34.1 Å². The quantitative estimate of drug-likeness (QED) is 0.756. The van der Waals surface area contributed by atoms with Gasteiger partial charge < -0.3 is 14.8 Å². The molecule has 1 aliphatic heterocycles. The normalized spacial score (nSPS) is 16.8. The Hall–Kier alpha value is -3.02. The Morgan fingerprint density at radius 1 is 1.15 bits per heavy atom. The molecule has 0 radical (unpaired) electrons. The molecule has 27 heavy (non-hydrogen) atoms. The lowest BCUT2D eigenvalue weighted by atomic mass is 10.1. The summed E-state index contributed by atoms with van der Waals surface area (Å²) in [5.41, 5.74) is 2.51. The molecule has 6 nitrogen and oxygen atoms in total. The number of nitrogens with one attached hydrogen (secondary N) is 1. The first-order valence-electron chi connectivity index (χ1n) is 9.33. The zero-order valence-electron chi connectivity index (χ0n) is 15.5. The standard InChI is InChI=1S/C21H24N4O2/c1-23(13-16-11-12-24(14-16)17-7-3-2-4-8-17)20(26)15-25-19-10-6-5-9-18(19)22-21(25)27/h2-10,16H,11-15H2,1H3,(H,22,27)/t16-/m1/s1. The van der Waals surface area contributed by atoms with E-state index in [1.54, 1.807) is 4.90 Å². The van der Waals surface area contributed by atoms with Crippen LogP contribution in [-0.2, 0) is 11.3 Å².